The van der Waals surface area contributed by atoms with Crippen LogP contribution in [0.3, 0.4) is 0 Å². The average Bonchev–Trinajstić information content (AvgIpc) is 2.35. The third-order valence-electron chi connectivity index (χ3n) is 2.25. The maximum atomic E-state index is 12.2. The van der Waals surface area contributed by atoms with E-state index in [1.165, 1.54) is 12.2 Å². The van der Waals surface area contributed by atoms with Gasteiger partial charge in [-0.2, -0.15) is 0 Å². The van der Waals surface area contributed by atoms with Gasteiger partial charge in [0.2, 0.25) is 0 Å². The van der Waals surface area contributed by atoms with Crippen LogP contribution in [0.4, 0.5) is 4.79 Å². The summed E-state index contributed by atoms with van der Waals surface area (Å²) in [5.41, 5.74) is -0.740. The summed E-state index contributed by atoms with van der Waals surface area (Å²) >= 11 is 0. The number of carbonyl (C=O) groups excluding carboxylic acids is 1. The van der Waals surface area contributed by atoms with Gasteiger partial charge in [0.25, 0.3) is 0 Å². The normalized spacial score (nSPS) is 13.8. The first-order chi connectivity index (χ1) is 10.5. The van der Waals surface area contributed by atoms with Gasteiger partial charge in [-0.1, -0.05) is 12.2 Å². The predicted molar refractivity (Wildman–Crippen MR) is 85.7 cm³/mol. The Hall–Kier alpha value is -1.37. The van der Waals surface area contributed by atoms with E-state index in [-0.39, 0.29) is 19.4 Å². The zero-order valence-corrected chi connectivity index (χ0v) is 15.1. The third kappa shape index (κ3) is 10.1. The van der Waals surface area contributed by atoms with Crippen LogP contribution in [-0.2, 0) is 23.1 Å². The molecule has 134 valence electrons. The maximum absolute atomic E-state index is 12.2. The Bertz CT molecular complexity index is 460. The van der Waals surface area contributed by atoms with Crippen LogP contribution >= 0.6 is 7.60 Å². The highest BCUT2D eigenvalue weighted by molar-refractivity contribution is 7.54. The fourth-order valence-electron chi connectivity index (χ4n) is 1.49. The summed E-state index contributed by atoms with van der Waals surface area (Å²) < 4.78 is 27.4. The number of rotatable bonds is 9. The number of nitrogens with one attached hydrogen (secondary N) is 1. The maximum Gasteiger partial charge on any atom is 0.408 e. The lowest BCUT2D eigenvalue weighted by Gasteiger charge is -2.21. The van der Waals surface area contributed by atoms with Gasteiger partial charge in [0, 0.05) is 0 Å². The highest BCUT2D eigenvalue weighted by Crippen LogP contribution is 2.47. The Labute approximate surface area is 136 Å². The summed E-state index contributed by atoms with van der Waals surface area (Å²) in [5.74, 6) is -1.27. The van der Waals surface area contributed by atoms with Gasteiger partial charge in [0.05, 0.1) is 19.4 Å². The van der Waals surface area contributed by atoms with Crippen LogP contribution in [0, 0.1) is 0 Å². The highest BCUT2D eigenvalue weighted by atomic mass is 31.2. The van der Waals surface area contributed by atoms with Crippen LogP contribution in [0.5, 0.6) is 0 Å². The molecule has 1 amide bonds. The van der Waals surface area contributed by atoms with Crippen LogP contribution in [0.1, 0.15) is 34.6 Å². The number of aliphatic carboxylic acids is 1. The number of alkyl carbamates (subject to hydrolysis) is 1. The summed E-state index contributed by atoms with van der Waals surface area (Å²) in [6.45, 7) is 8.78. The largest absolute Gasteiger partial charge is 0.479 e. The van der Waals surface area contributed by atoms with Gasteiger partial charge in [-0.3, -0.25) is 4.57 Å². The van der Waals surface area contributed by atoms with Crippen molar-refractivity contribution in [2.75, 3.05) is 19.4 Å². The first-order valence-electron chi connectivity index (χ1n) is 7.30. The van der Waals surface area contributed by atoms with Crippen molar-refractivity contribution >= 4 is 19.7 Å². The van der Waals surface area contributed by atoms with Gasteiger partial charge in [0.1, 0.15) is 11.6 Å². The van der Waals surface area contributed by atoms with Crippen LogP contribution in [-0.4, -0.2) is 48.2 Å². The first-order valence-corrected chi connectivity index (χ1v) is 9.03. The Kier molecular flexibility index (Phi) is 9.12. The van der Waals surface area contributed by atoms with E-state index in [0.717, 1.165) is 0 Å². The Balaban J connectivity index is 4.78. The van der Waals surface area contributed by atoms with Crippen LogP contribution in [0.15, 0.2) is 12.2 Å². The smallest absolute Gasteiger partial charge is 0.408 e. The summed E-state index contributed by atoms with van der Waals surface area (Å²) in [4.78, 5) is 22.8. The van der Waals surface area contributed by atoms with Crippen molar-refractivity contribution in [3.05, 3.63) is 12.2 Å². The predicted octanol–water partition coefficient (Wildman–Crippen LogP) is 2.79. The first kappa shape index (κ1) is 21.6. The fraction of sp³-hybridized carbons (Fsp3) is 0.714. The molecular formula is C14H26NO7P. The van der Waals surface area contributed by atoms with Gasteiger partial charge >= 0.3 is 19.7 Å². The van der Waals surface area contributed by atoms with Gasteiger partial charge in [-0.25, -0.2) is 9.59 Å². The Morgan fingerprint density at radius 1 is 1.22 bits per heavy atom. The minimum atomic E-state index is -3.30. The van der Waals surface area contributed by atoms with E-state index in [9.17, 15) is 14.2 Å². The van der Waals surface area contributed by atoms with Crippen molar-refractivity contribution in [3.63, 3.8) is 0 Å². The standard InChI is InChI=1S/C14H26NO7P/c1-6-20-23(19,21-7-2)10-8-9-11(12(16)17)15-13(18)22-14(3,4)5/h8-9,11H,6-7,10H2,1-5H3,(H,15,18)(H,16,17). The van der Waals surface area contributed by atoms with Crippen molar-refractivity contribution in [3.8, 4) is 0 Å². The van der Waals surface area contributed by atoms with E-state index in [2.05, 4.69) is 5.32 Å². The minimum absolute atomic E-state index is 0.0888. The molecule has 0 aromatic carbocycles. The molecule has 0 radical (unpaired) electrons. The zero-order chi connectivity index (χ0) is 18.1. The molecular weight excluding hydrogens is 325 g/mol. The Morgan fingerprint density at radius 2 is 1.74 bits per heavy atom. The van der Waals surface area contributed by atoms with E-state index in [1.54, 1.807) is 34.6 Å². The summed E-state index contributed by atoms with van der Waals surface area (Å²) in [6, 6.07) is -1.30. The van der Waals surface area contributed by atoms with Gasteiger partial charge in [0.15, 0.2) is 0 Å². The molecule has 23 heavy (non-hydrogen) atoms. The molecule has 0 spiro atoms. The van der Waals surface area contributed by atoms with E-state index in [1.807, 2.05) is 0 Å². The molecule has 8 nitrogen and oxygen atoms in total. The molecule has 0 aliphatic rings. The van der Waals surface area contributed by atoms with Crippen molar-refractivity contribution in [2.24, 2.45) is 0 Å². The van der Waals surface area contributed by atoms with Crippen LogP contribution in [0.25, 0.3) is 0 Å². The van der Waals surface area contributed by atoms with E-state index in [0.29, 0.717) is 0 Å². The number of carboxylic acids is 1. The number of ether oxygens (including phenoxy) is 1. The number of hydrogen-bond donors (Lipinski definition) is 2. The number of carboxylic acid groups (broad SMARTS) is 1. The lowest BCUT2D eigenvalue weighted by Crippen LogP contribution is -2.42. The van der Waals surface area contributed by atoms with Gasteiger partial charge in [-0.05, 0) is 34.6 Å². The molecule has 0 fully saturated rings. The summed E-state index contributed by atoms with van der Waals surface area (Å²) in [7, 11) is -3.30. The highest BCUT2D eigenvalue weighted by Gasteiger charge is 2.24. The van der Waals surface area contributed by atoms with E-state index >= 15 is 0 Å². The second-order valence-electron chi connectivity index (χ2n) is 5.52. The monoisotopic (exact) mass is 351 g/mol. The number of allylic oxidation sites excluding steroid dienone is 1. The molecule has 9 heteroatoms. The van der Waals surface area contributed by atoms with E-state index in [4.69, 9.17) is 18.9 Å². The molecule has 2 N–H and O–H groups in total. The number of hydrogen-bond acceptors (Lipinski definition) is 6. The number of carbonyl (C=O) groups is 2. The van der Waals surface area contributed by atoms with Crippen molar-refractivity contribution in [1.82, 2.24) is 5.32 Å². The molecule has 0 saturated heterocycles. The summed E-state index contributed by atoms with van der Waals surface area (Å²) in [6.07, 6.45) is 1.61. The van der Waals surface area contributed by atoms with Crippen LogP contribution < -0.4 is 5.32 Å². The molecule has 0 aromatic heterocycles. The second-order valence-corrected chi connectivity index (χ2v) is 7.62. The molecule has 0 rings (SSSR count). The van der Waals surface area contributed by atoms with Gasteiger partial charge in [-0.15, -0.1) is 0 Å². The molecule has 1 atom stereocenters. The van der Waals surface area contributed by atoms with Crippen molar-refractivity contribution in [1.29, 1.82) is 0 Å². The van der Waals surface area contributed by atoms with Crippen LogP contribution in [0.2, 0.25) is 0 Å². The molecule has 0 aliphatic heterocycles. The van der Waals surface area contributed by atoms with Crippen molar-refractivity contribution in [2.45, 2.75) is 46.3 Å². The average molecular weight is 351 g/mol. The summed E-state index contributed by atoms with van der Waals surface area (Å²) in [5, 5.41) is 11.3. The molecule has 0 aliphatic carbocycles. The van der Waals surface area contributed by atoms with Gasteiger partial charge < -0.3 is 24.2 Å². The molecule has 0 aromatic rings. The lowest BCUT2D eigenvalue weighted by molar-refractivity contribution is -0.138. The molecule has 1 unspecified atom stereocenters. The van der Waals surface area contributed by atoms with Crippen molar-refractivity contribution < 1.29 is 33.0 Å². The zero-order valence-electron chi connectivity index (χ0n) is 14.2. The third-order valence-corrected chi connectivity index (χ3v) is 4.21. The lowest BCUT2D eigenvalue weighted by atomic mass is 10.2. The molecule has 0 bridgehead atoms. The molecule has 0 saturated carbocycles. The fourth-order valence-corrected chi connectivity index (χ4v) is 2.94. The SMILES string of the molecule is CCOP(=O)(CC=CC(NC(=O)OC(C)(C)C)C(=O)O)OCC. The number of amides is 1. The second kappa shape index (κ2) is 9.70. The Morgan fingerprint density at radius 3 is 2.13 bits per heavy atom. The van der Waals surface area contributed by atoms with E-state index < -0.39 is 31.3 Å². The topological polar surface area (TPSA) is 111 Å². The quantitative estimate of drug-likeness (QED) is 0.485. The minimum Gasteiger partial charge on any atom is -0.479 e. The molecule has 0 heterocycles.